The van der Waals surface area contributed by atoms with E-state index >= 15 is 0 Å². The van der Waals surface area contributed by atoms with Crippen molar-refractivity contribution in [3.63, 3.8) is 0 Å². The third-order valence-corrected chi connectivity index (χ3v) is 5.06. The first kappa shape index (κ1) is 27.9. The van der Waals surface area contributed by atoms with Gasteiger partial charge in [-0.2, -0.15) is 5.10 Å². The molecule has 0 heterocycles. The molecule has 2 N–H and O–H groups in total. The number of carbonyl (C=O) groups excluding carboxylic acids is 3. The summed E-state index contributed by atoms with van der Waals surface area (Å²) < 4.78 is 16.4. The number of hydrogen-bond acceptors (Lipinski definition) is 7. The Kier molecular flexibility index (Phi) is 10.9. The molecule has 3 aromatic carbocycles. The van der Waals surface area contributed by atoms with Crippen LogP contribution in [0.25, 0.3) is 0 Å². The van der Waals surface area contributed by atoms with Crippen LogP contribution in [0.2, 0.25) is 0 Å². The standard InChI is InChI=1S/C29H31N3O6/c1-3-17-36-24-13-7-22(8-14-24)28(34)30-20-27(33)32-31-19-21-5-11-26(12-6-21)38-29(35)23-9-15-25(16-10-23)37-18-4-2/h5-16,19H,3-4,17-18,20H2,1-2H3,(H,30,34)(H,32,33). The second-order valence-corrected chi connectivity index (χ2v) is 8.18. The molecule has 2 amide bonds. The average Bonchev–Trinajstić information content (AvgIpc) is 2.95. The highest BCUT2D eigenvalue weighted by molar-refractivity contribution is 5.96. The number of amides is 2. The third kappa shape index (κ3) is 9.09. The maximum Gasteiger partial charge on any atom is 0.343 e. The molecule has 0 spiro atoms. The van der Waals surface area contributed by atoms with E-state index in [1.54, 1.807) is 72.8 Å². The molecule has 0 unspecified atom stereocenters. The van der Waals surface area contributed by atoms with Gasteiger partial charge in [0.25, 0.3) is 11.8 Å². The summed E-state index contributed by atoms with van der Waals surface area (Å²) in [5.41, 5.74) is 3.86. The number of rotatable bonds is 13. The summed E-state index contributed by atoms with van der Waals surface area (Å²) in [6.45, 7) is 5.02. The van der Waals surface area contributed by atoms with Crippen molar-refractivity contribution >= 4 is 24.0 Å². The van der Waals surface area contributed by atoms with Crippen LogP contribution in [0.1, 0.15) is 53.0 Å². The number of esters is 1. The monoisotopic (exact) mass is 517 g/mol. The number of nitrogens with one attached hydrogen (secondary N) is 2. The van der Waals surface area contributed by atoms with E-state index in [1.807, 2.05) is 13.8 Å². The second kappa shape index (κ2) is 14.8. The first-order valence-electron chi connectivity index (χ1n) is 12.4. The molecule has 0 bridgehead atoms. The van der Waals surface area contributed by atoms with E-state index in [4.69, 9.17) is 14.2 Å². The Morgan fingerprint density at radius 3 is 1.82 bits per heavy atom. The van der Waals surface area contributed by atoms with Crippen molar-refractivity contribution in [2.75, 3.05) is 19.8 Å². The summed E-state index contributed by atoms with van der Waals surface area (Å²) in [6, 6.07) is 20.1. The van der Waals surface area contributed by atoms with Crippen molar-refractivity contribution in [1.82, 2.24) is 10.7 Å². The van der Waals surface area contributed by atoms with Gasteiger partial charge in [0, 0.05) is 5.56 Å². The second-order valence-electron chi connectivity index (χ2n) is 8.18. The Balaban J connectivity index is 1.40. The molecule has 38 heavy (non-hydrogen) atoms. The molecule has 198 valence electrons. The predicted octanol–water partition coefficient (Wildman–Crippen LogP) is 4.36. The molecular formula is C29H31N3O6. The number of ether oxygens (including phenoxy) is 3. The minimum Gasteiger partial charge on any atom is -0.494 e. The zero-order valence-electron chi connectivity index (χ0n) is 21.4. The molecule has 0 aliphatic carbocycles. The Hall–Kier alpha value is -4.66. The van der Waals surface area contributed by atoms with Gasteiger partial charge in [0.2, 0.25) is 0 Å². The van der Waals surface area contributed by atoms with Crippen LogP contribution in [-0.2, 0) is 4.79 Å². The summed E-state index contributed by atoms with van der Waals surface area (Å²) in [6.07, 6.45) is 3.24. The molecule has 3 aromatic rings. The number of hydrogen-bond donors (Lipinski definition) is 2. The van der Waals surface area contributed by atoms with Gasteiger partial charge >= 0.3 is 5.97 Å². The van der Waals surface area contributed by atoms with Gasteiger partial charge in [-0.15, -0.1) is 0 Å². The van der Waals surface area contributed by atoms with E-state index in [0.29, 0.717) is 47.2 Å². The third-order valence-electron chi connectivity index (χ3n) is 5.06. The van der Waals surface area contributed by atoms with Gasteiger partial charge < -0.3 is 19.5 Å². The van der Waals surface area contributed by atoms with Crippen LogP contribution in [0.15, 0.2) is 77.9 Å². The summed E-state index contributed by atoms with van der Waals surface area (Å²) in [5, 5.41) is 6.43. The molecule has 3 rings (SSSR count). The van der Waals surface area contributed by atoms with E-state index in [1.165, 1.54) is 6.21 Å². The molecule has 0 aliphatic rings. The van der Waals surface area contributed by atoms with Crippen LogP contribution in [0.5, 0.6) is 17.2 Å². The zero-order valence-corrected chi connectivity index (χ0v) is 21.4. The fourth-order valence-electron chi connectivity index (χ4n) is 3.10. The van der Waals surface area contributed by atoms with Crippen molar-refractivity contribution < 1.29 is 28.6 Å². The van der Waals surface area contributed by atoms with Crippen LogP contribution < -0.4 is 25.0 Å². The average molecular weight is 518 g/mol. The molecular weight excluding hydrogens is 486 g/mol. The lowest BCUT2D eigenvalue weighted by molar-refractivity contribution is -0.120. The van der Waals surface area contributed by atoms with Crippen molar-refractivity contribution in [2.45, 2.75) is 26.7 Å². The summed E-state index contributed by atoms with van der Waals surface area (Å²) in [7, 11) is 0. The Morgan fingerprint density at radius 2 is 1.26 bits per heavy atom. The number of benzene rings is 3. The highest BCUT2D eigenvalue weighted by Crippen LogP contribution is 2.17. The maximum absolute atomic E-state index is 12.4. The van der Waals surface area contributed by atoms with Gasteiger partial charge in [0.05, 0.1) is 31.5 Å². The van der Waals surface area contributed by atoms with E-state index in [9.17, 15) is 14.4 Å². The van der Waals surface area contributed by atoms with Crippen molar-refractivity contribution in [3.05, 3.63) is 89.5 Å². The maximum atomic E-state index is 12.4. The Labute approximate surface area is 221 Å². The minimum atomic E-state index is -0.483. The number of nitrogens with zero attached hydrogens (tertiary/aromatic N) is 1. The smallest absolute Gasteiger partial charge is 0.343 e. The predicted molar refractivity (Wildman–Crippen MR) is 144 cm³/mol. The van der Waals surface area contributed by atoms with Crippen molar-refractivity contribution in [1.29, 1.82) is 0 Å². The van der Waals surface area contributed by atoms with Crippen molar-refractivity contribution in [2.24, 2.45) is 5.10 Å². The van der Waals surface area contributed by atoms with Gasteiger partial charge in [-0.25, -0.2) is 10.2 Å². The topological polar surface area (TPSA) is 115 Å². The van der Waals surface area contributed by atoms with E-state index in [2.05, 4.69) is 15.8 Å². The highest BCUT2D eigenvalue weighted by Gasteiger charge is 2.10. The Morgan fingerprint density at radius 1 is 0.737 bits per heavy atom. The fraction of sp³-hybridized carbons (Fsp3) is 0.241. The molecule has 0 saturated carbocycles. The largest absolute Gasteiger partial charge is 0.494 e. The van der Waals surface area contributed by atoms with Gasteiger partial charge in [0.15, 0.2) is 0 Å². The lowest BCUT2D eigenvalue weighted by Crippen LogP contribution is -2.34. The van der Waals surface area contributed by atoms with Gasteiger partial charge in [-0.1, -0.05) is 13.8 Å². The van der Waals surface area contributed by atoms with Gasteiger partial charge in [-0.05, 0) is 91.2 Å². The minimum absolute atomic E-state index is 0.231. The molecule has 0 saturated heterocycles. The lowest BCUT2D eigenvalue weighted by atomic mass is 10.2. The summed E-state index contributed by atoms with van der Waals surface area (Å²) in [5.74, 6) is 0.416. The molecule has 9 nitrogen and oxygen atoms in total. The van der Waals surface area contributed by atoms with E-state index in [-0.39, 0.29) is 12.5 Å². The summed E-state index contributed by atoms with van der Waals surface area (Å²) in [4.78, 5) is 36.6. The van der Waals surface area contributed by atoms with Crippen LogP contribution in [0, 0.1) is 0 Å². The SMILES string of the molecule is CCCOc1ccc(C(=O)NCC(=O)NN=Cc2ccc(OC(=O)c3ccc(OCCC)cc3)cc2)cc1. The van der Waals surface area contributed by atoms with Crippen LogP contribution in [0.4, 0.5) is 0 Å². The molecule has 0 atom stereocenters. The fourth-order valence-corrected chi connectivity index (χ4v) is 3.10. The molecule has 0 aromatic heterocycles. The molecule has 9 heteroatoms. The van der Waals surface area contributed by atoms with Crippen LogP contribution in [0.3, 0.4) is 0 Å². The highest BCUT2D eigenvalue weighted by atomic mass is 16.5. The quantitative estimate of drug-likeness (QED) is 0.151. The molecule has 0 aliphatic heterocycles. The van der Waals surface area contributed by atoms with Gasteiger partial charge in [-0.3, -0.25) is 9.59 Å². The molecule has 0 fully saturated rings. The first-order chi connectivity index (χ1) is 18.5. The normalized spacial score (nSPS) is 10.6. The van der Waals surface area contributed by atoms with Crippen LogP contribution >= 0.6 is 0 Å². The Bertz CT molecular complexity index is 1220. The van der Waals surface area contributed by atoms with E-state index in [0.717, 1.165) is 12.8 Å². The zero-order chi connectivity index (χ0) is 27.2. The molecule has 0 radical (unpaired) electrons. The lowest BCUT2D eigenvalue weighted by Gasteiger charge is -2.07. The van der Waals surface area contributed by atoms with E-state index < -0.39 is 11.9 Å². The van der Waals surface area contributed by atoms with Crippen molar-refractivity contribution in [3.8, 4) is 17.2 Å². The summed E-state index contributed by atoms with van der Waals surface area (Å²) >= 11 is 0. The first-order valence-corrected chi connectivity index (χ1v) is 12.4. The van der Waals surface area contributed by atoms with Crippen LogP contribution in [-0.4, -0.2) is 43.8 Å². The number of carbonyl (C=O) groups is 3. The van der Waals surface area contributed by atoms with Gasteiger partial charge in [0.1, 0.15) is 17.2 Å². The number of hydrazone groups is 1.